The van der Waals surface area contributed by atoms with Gasteiger partial charge >= 0.3 is 0 Å². The van der Waals surface area contributed by atoms with Crippen LogP contribution in [-0.4, -0.2) is 65.1 Å². The number of rotatable bonds is 8. The van der Waals surface area contributed by atoms with E-state index in [0.29, 0.717) is 11.4 Å². The van der Waals surface area contributed by atoms with Gasteiger partial charge in [0.15, 0.2) is 0 Å². The molecule has 9 nitrogen and oxygen atoms in total. The third kappa shape index (κ3) is 5.15. The monoisotopic (exact) mass is 514 g/mol. The fraction of sp³-hybridized carbons (Fsp3) is 0.345. The molecule has 0 bridgehead atoms. The normalized spacial score (nSPS) is 20.8. The summed E-state index contributed by atoms with van der Waals surface area (Å²) in [6.45, 7) is 2.22. The van der Waals surface area contributed by atoms with Crippen molar-refractivity contribution in [1.82, 2.24) is 19.6 Å². The van der Waals surface area contributed by atoms with Gasteiger partial charge in [0.25, 0.3) is 5.91 Å². The number of nitrogen functional groups attached to an aromatic ring is 1. The Kier molecular flexibility index (Phi) is 6.94. The number of primary amides is 1. The molecule has 1 spiro atoms. The molecular weight excluding hydrogens is 480 g/mol. The summed E-state index contributed by atoms with van der Waals surface area (Å²) < 4.78 is 7.62. The van der Waals surface area contributed by atoms with Gasteiger partial charge in [0.2, 0.25) is 5.91 Å². The van der Waals surface area contributed by atoms with E-state index in [1.165, 1.54) is 0 Å². The maximum atomic E-state index is 12.6. The molecule has 2 heterocycles. The van der Waals surface area contributed by atoms with Crippen molar-refractivity contribution in [2.45, 2.75) is 25.3 Å². The van der Waals surface area contributed by atoms with Crippen LogP contribution in [0.3, 0.4) is 0 Å². The third-order valence-corrected chi connectivity index (χ3v) is 7.46. The fourth-order valence-electron chi connectivity index (χ4n) is 5.52. The van der Waals surface area contributed by atoms with Crippen molar-refractivity contribution in [3.63, 3.8) is 0 Å². The minimum Gasteiger partial charge on any atom is -0.457 e. The average molecular weight is 515 g/mol. The predicted molar refractivity (Wildman–Crippen MR) is 147 cm³/mol. The van der Waals surface area contributed by atoms with E-state index in [-0.39, 0.29) is 28.7 Å². The Labute approximate surface area is 222 Å². The van der Waals surface area contributed by atoms with Crippen LogP contribution < -0.4 is 16.2 Å². The smallest absolute Gasteiger partial charge is 0.254 e. The van der Waals surface area contributed by atoms with Crippen LogP contribution in [0.25, 0.3) is 11.3 Å². The summed E-state index contributed by atoms with van der Waals surface area (Å²) in [5, 5.41) is 4.76. The van der Waals surface area contributed by atoms with Crippen LogP contribution in [0, 0.1) is 5.41 Å². The number of carbonyl (C=O) groups is 2. The first kappa shape index (κ1) is 25.5. The maximum Gasteiger partial charge on any atom is 0.254 e. The Morgan fingerprint density at radius 2 is 1.79 bits per heavy atom. The number of carbonyl (C=O) groups excluding carboxylic acids is 2. The molecule has 2 aliphatic rings. The number of likely N-dealkylation sites (tertiary alicyclic amines) is 1. The van der Waals surface area contributed by atoms with E-state index >= 15 is 0 Å². The van der Waals surface area contributed by atoms with Crippen molar-refractivity contribution in [2.24, 2.45) is 11.1 Å². The minimum absolute atomic E-state index is 0.0573. The number of aromatic nitrogens is 2. The first-order valence-corrected chi connectivity index (χ1v) is 12.9. The van der Waals surface area contributed by atoms with E-state index < -0.39 is 5.91 Å². The molecule has 3 aromatic rings. The van der Waals surface area contributed by atoms with Gasteiger partial charge in [-0.05, 0) is 75.2 Å². The molecule has 1 aliphatic carbocycles. The van der Waals surface area contributed by atoms with Gasteiger partial charge < -0.3 is 26.0 Å². The van der Waals surface area contributed by atoms with Crippen molar-refractivity contribution < 1.29 is 14.3 Å². The average Bonchev–Trinajstić information content (AvgIpc) is 3.46. The predicted octanol–water partition coefficient (Wildman–Crippen LogP) is 3.69. The van der Waals surface area contributed by atoms with Crippen molar-refractivity contribution in [1.29, 1.82) is 0 Å². The molecule has 5 rings (SSSR count). The van der Waals surface area contributed by atoms with E-state index in [1.54, 1.807) is 10.8 Å². The number of benzene rings is 2. The minimum atomic E-state index is -0.607. The van der Waals surface area contributed by atoms with Crippen LogP contribution in [0.2, 0.25) is 0 Å². The van der Waals surface area contributed by atoms with Crippen molar-refractivity contribution in [2.75, 3.05) is 39.5 Å². The second-order valence-electron chi connectivity index (χ2n) is 10.6. The molecule has 4 N–H and O–H groups in total. The van der Waals surface area contributed by atoms with Gasteiger partial charge in [0.05, 0.1) is 6.04 Å². The van der Waals surface area contributed by atoms with Gasteiger partial charge in [-0.2, -0.15) is 5.10 Å². The molecule has 38 heavy (non-hydrogen) atoms. The van der Waals surface area contributed by atoms with E-state index in [1.807, 2.05) is 84.6 Å². The number of hydrogen-bond acceptors (Lipinski definition) is 6. The van der Waals surface area contributed by atoms with Crippen LogP contribution in [0.15, 0.2) is 66.7 Å². The van der Waals surface area contributed by atoms with Gasteiger partial charge in [0.1, 0.15) is 28.6 Å². The van der Waals surface area contributed by atoms with Gasteiger partial charge in [-0.15, -0.1) is 0 Å². The lowest BCUT2D eigenvalue weighted by atomic mass is 9.65. The van der Waals surface area contributed by atoms with Gasteiger partial charge in [-0.1, -0.05) is 24.3 Å². The highest BCUT2D eigenvalue weighted by molar-refractivity contribution is 6.03. The second-order valence-corrected chi connectivity index (χ2v) is 10.6. The second kappa shape index (κ2) is 10.3. The lowest BCUT2D eigenvalue weighted by Gasteiger charge is -2.45. The van der Waals surface area contributed by atoms with Gasteiger partial charge in [-0.3, -0.25) is 9.59 Å². The van der Waals surface area contributed by atoms with Gasteiger partial charge in [-0.25, -0.2) is 4.68 Å². The lowest BCUT2D eigenvalue weighted by molar-refractivity contribution is -0.125. The Balaban J connectivity index is 1.29. The molecule has 1 aromatic heterocycles. The molecule has 1 saturated carbocycles. The molecule has 0 radical (unpaired) electrons. The number of ether oxygens (including phenoxy) is 1. The zero-order chi connectivity index (χ0) is 26.9. The highest BCUT2D eigenvalue weighted by Gasteiger charge is 2.50. The lowest BCUT2D eigenvalue weighted by Crippen LogP contribution is -2.42. The number of para-hydroxylation sites is 1. The number of nitrogens with two attached hydrogens (primary N) is 2. The largest absolute Gasteiger partial charge is 0.457 e. The Morgan fingerprint density at radius 3 is 2.45 bits per heavy atom. The molecule has 198 valence electrons. The summed E-state index contributed by atoms with van der Waals surface area (Å²) >= 11 is 0. The molecule has 0 unspecified atom stereocenters. The fourth-order valence-corrected chi connectivity index (χ4v) is 5.52. The Bertz CT molecular complexity index is 1340. The first-order valence-electron chi connectivity index (χ1n) is 12.9. The zero-order valence-corrected chi connectivity index (χ0v) is 21.8. The molecule has 1 aliphatic heterocycles. The highest BCUT2D eigenvalue weighted by Crippen LogP contribution is 2.54. The zero-order valence-electron chi connectivity index (χ0n) is 21.8. The maximum absolute atomic E-state index is 12.6. The van der Waals surface area contributed by atoms with Crippen LogP contribution in [0.4, 0.5) is 5.82 Å². The van der Waals surface area contributed by atoms with Crippen molar-refractivity contribution in [3.8, 4) is 22.8 Å². The Morgan fingerprint density at radius 1 is 1.11 bits per heavy atom. The van der Waals surface area contributed by atoms with Crippen molar-refractivity contribution >= 4 is 17.6 Å². The van der Waals surface area contributed by atoms with E-state index in [0.717, 1.165) is 50.2 Å². The third-order valence-electron chi connectivity index (χ3n) is 7.46. The number of amides is 2. The summed E-state index contributed by atoms with van der Waals surface area (Å²) in [7, 11) is 3.94. The quantitative estimate of drug-likeness (QED) is 0.443. The molecule has 2 amide bonds. The van der Waals surface area contributed by atoms with Crippen molar-refractivity contribution in [3.05, 3.63) is 72.3 Å². The highest BCUT2D eigenvalue weighted by atomic mass is 16.5. The molecule has 1 saturated heterocycles. The summed E-state index contributed by atoms with van der Waals surface area (Å²) in [5.41, 5.74) is 13.7. The summed E-state index contributed by atoms with van der Waals surface area (Å²) in [4.78, 5) is 28.9. The van der Waals surface area contributed by atoms with Crippen LogP contribution in [0.5, 0.6) is 11.5 Å². The molecule has 2 aromatic carbocycles. The summed E-state index contributed by atoms with van der Waals surface area (Å²) in [6, 6.07) is 16.9. The Hall–Kier alpha value is -4.11. The molecule has 0 atom stereocenters. The van der Waals surface area contributed by atoms with Crippen LogP contribution in [-0.2, 0) is 4.79 Å². The number of likely N-dealkylation sites (N-methyl/N-ethyl adjacent to an activating group) is 1. The SMILES string of the molecule is CN(C)CC=CC(=O)N1CCC2(CC(n3nc(-c4ccc(Oc5ccccc5)cc4)c(C(N)=O)c3N)C2)C1. The van der Waals surface area contributed by atoms with E-state index in [9.17, 15) is 9.59 Å². The summed E-state index contributed by atoms with van der Waals surface area (Å²) in [6.07, 6.45) is 6.23. The number of nitrogens with zero attached hydrogens (tertiary/aromatic N) is 4. The topological polar surface area (TPSA) is 120 Å². The van der Waals surface area contributed by atoms with Crippen LogP contribution in [0.1, 0.15) is 35.7 Å². The molecule has 2 fully saturated rings. The summed E-state index contributed by atoms with van der Waals surface area (Å²) in [5.74, 6) is 1.15. The van der Waals surface area contributed by atoms with Crippen LogP contribution >= 0.6 is 0 Å². The number of hydrogen-bond donors (Lipinski definition) is 2. The molecular formula is C29H34N6O3. The first-order chi connectivity index (χ1) is 18.2. The van der Waals surface area contributed by atoms with E-state index in [4.69, 9.17) is 21.3 Å². The molecule has 9 heteroatoms. The van der Waals surface area contributed by atoms with E-state index in [2.05, 4.69) is 0 Å². The standard InChI is InChI=1S/C29H34N6O3/c1-33(2)15-6-9-24(36)34-16-14-29(19-34)17-21(18-29)35-27(30)25(28(31)37)26(32-35)20-10-12-23(13-11-20)38-22-7-4-3-5-8-22/h3-13,21H,14-19,30H2,1-2H3,(H2,31,37). The number of anilines is 1. The van der Waals surface area contributed by atoms with Gasteiger partial charge in [0, 0.05) is 31.3 Å².